The molecule has 3 heterocycles. The molecule has 1 aromatic heterocycles. The average Bonchev–Trinajstić information content (AvgIpc) is 3.57. The number of nitrogens with zero attached hydrogens (tertiary/aromatic N) is 2. The van der Waals surface area contributed by atoms with E-state index in [1.165, 1.54) is 65.8 Å². The van der Waals surface area contributed by atoms with E-state index in [1.807, 2.05) is 0 Å². The summed E-state index contributed by atoms with van der Waals surface area (Å²) in [5, 5.41) is 10.3. The van der Waals surface area contributed by atoms with Crippen molar-refractivity contribution in [2.45, 2.75) is 25.8 Å². The summed E-state index contributed by atoms with van der Waals surface area (Å²) in [7, 11) is 0. The molecule has 260 valence electrons. The van der Waals surface area contributed by atoms with Crippen molar-refractivity contribution in [3.63, 3.8) is 0 Å². The van der Waals surface area contributed by atoms with Gasteiger partial charge in [-0.05, 0) is 91.9 Å². The predicted octanol–water partition coefficient (Wildman–Crippen LogP) is 12.9. The smallest absolute Gasteiger partial charge is 0.142 e. The van der Waals surface area contributed by atoms with Gasteiger partial charge in [-0.15, -0.1) is 0 Å². The summed E-state index contributed by atoms with van der Waals surface area (Å²) in [5.74, 6) is 2.70. The lowest BCUT2D eigenvalue weighted by molar-refractivity contribution is 0.591. The molecular formula is C51H41N3. The van der Waals surface area contributed by atoms with Crippen molar-refractivity contribution in [2.75, 3.05) is 0 Å². The van der Waals surface area contributed by atoms with Crippen LogP contribution in [-0.4, -0.2) is 10.3 Å². The summed E-state index contributed by atoms with van der Waals surface area (Å²) in [6, 6.07) is 46.3. The van der Waals surface area contributed by atoms with Crippen LogP contribution in [0.2, 0.25) is 0 Å². The minimum Gasteiger partial charge on any atom is -0.361 e. The van der Waals surface area contributed by atoms with E-state index in [0.29, 0.717) is 5.92 Å². The molecule has 0 fully saturated rings. The molecule has 0 radical (unpaired) electrons. The van der Waals surface area contributed by atoms with Gasteiger partial charge in [-0.1, -0.05) is 165 Å². The minimum absolute atomic E-state index is 0.0384. The second-order valence-corrected chi connectivity index (χ2v) is 14.8. The molecular weight excluding hydrogens is 655 g/mol. The van der Waals surface area contributed by atoms with Gasteiger partial charge in [-0.3, -0.25) is 4.57 Å². The Bertz CT molecular complexity index is 2770. The van der Waals surface area contributed by atoms with Gasteiger partial charge in [-0.25, -0.2) is 4.99 Å². The van der Waals surface area contributed by atoms with Crippen LogP contribution in [0.25, 0.3) is 60.5 Å². The van der Waals surface area contributed by atoms with Crippen LogP contribution < -0.4 is 5.32 Å². The first kappa shape index (κ1) is 32.2. The van der Waals surface area contributed by atoms with Gasteiger partial charge in [0.15, 0.2) is 0 Å². The first-order valence-corrected chi connectivity index (χ1v) is 19.1. The second-order valence-electron chi connectivity index (χ2n) is 14.8. The molecule has 1 aliphatic carbocycles. The van der Waals surface area contributed by atoms with Gasteiger partial charge in [0.25, 0.3) is 0 Å². The summed E-state index contributed by atoms with van der Waals surface area (Å²) < 4.78 is 2.34. The topological polar surface area (TPSA) is 29.3 Å². The van der Waals surface area contributed by atoms with Gasteiger partial charge in [0.1, 0.15) is 11.6 Å². The minimum atomic E-state index is -0.0384. The lowest BCUT2D eigenvalue weighted by atomic mass is 9.81. The Morgan fingerprint density at radius 1 is 0.648 bits per heavy atom. The van der Waals surface area contributed by atoms with Crippen LogP contribution in [0, 0.1) is 11.8 Å². The van der Waals surface area contributed by atoms with Crippen molar-refractivity contribution in [3.8, 4) is 22.3 Å². The normalized spacial score (nSPS) is 19.1. The van der Waals surface area contributed by atoms with E-state index in [1.54, 1.807) is 0 Å². The first-order valence-electron chi connectivity index (χ1n) is 19.1. The number of aryl methyl sites for hydroxylation is 1. The highest BCUT2D eigenvalue weighted by atomic mass is 15.2. The summed E-state index contributed by atoms with van der Waals surface area (Å²) in [6.45, 7) is 6.87. The van der Waals surface area contributed by atoms with Crippen molar-refractivity contribution in [1.82, 2.24) is 9.88 Å². The fraction of sp³-hybridized carbons (Fsp3) is 0.118. The van der Waals surface area contributed by atoms with Gasteiger partial charge >= 0.3 is 0 Å². The van der Waals surface area contributed by atoms with E-state index in [2.05, 4.69) is 193 Å². The van der Waals surface area contributed by atoms with Gasteiger partial charge in [0.05, 0.1) is 11.6 Å². The molecule has 7 aromatic rings. The zero-order valence-electron chi connectivity index (χ0n) is 30.4. The van der Waals surface area contributed by atoms with Crippen molar-refractivity contribution < 1.29 is 0 Å². The van der Waals surface area contributed by atoms with Crippen molar-refractivity contribution in [2.24, 2.45) is 16.8 Å². The number of aromatic nitrogens is 1. The summed E-state index contributed by atoms with van der Waals surface area (Å²) in [5.41, 5.74) is 10.9. The molecule has 6 aromatic carbocycles. The molecule has 3 nitrogen and oxygen atoms in total. The monoisotopic (exact) mass is 695 g/mol. The molecule has 3 atom stereocenters. The van der Waals surface area contributed by atoms with Crippen LogP contribution in [0.3, 0.4) is 0 Å². The zero-order chi connectivity index (χ0) is 36.2. The van der Waals surface area contributed by atoms with Crippen molar-refractivity contribution in [1.29, 1.82) is 0 Å². The molecule has 0 bridgehead atoms. The summed E-state index contributed by atoms with van der Waals surface area (Å²) >= 11 is 0. The van der Waals surface area contributed by atoms with Gasteiger partial charge in [0.2, 0.25) is 0 Å². The fourth-order valence-corrected chi connectivity index (χ4v) is 8.97. The lowest BCUT2D eigenvalue weighted by Crippen LogP contribution is -2.24. The Morgan fingerprint density at radius 3 is 2.00 bits per heavy atom. The molecule has 0 spiro atoms. The third kappa shape index (κ3) is 5.30. The third-order valence-corrected chi connectivity index (χ3v) is 11.6. The first-order chi connectivity index (χ1) is 26.6. The number of hydrogen-bond acceptors (Lipinski definition) is 2. The maximum absolute atomic E-state index is 5.44. The molecule has 2 aliphatic heterocycles. The standard InChI is InChI=1S/C51H41N3/c1-33-16-9-10-21-38(33)34(2)45-31-30-43-39-22-13-14-26-47(39)54(51(43)53-45)48-27-15-25-46(52-48)37-28-29-42-44(32-37)50(36-19-7-4-8-20-36)41-24-12-11-23-40(41)49(42)35-17-5-3-6-18-35/h3-29,32-33,38,46,52H,2,30-31H2,1H3. The summed E-state index contributed by atoms with van der Waals surface area (Å²) in [6.07, 6.45) is 17.3. The van der Waals surface area contributed by atoms with Gasteiger partial charge in [-0.2, -0.15) is 0 Å². The molecule has 0 saturated carbocycles. The zero-order valence-corrected chi connectivity index (χ0v) is 30.4. The number of para-hydroxylation sites is 1. The maximum Gasteiger partial charge on any atom is 0.142 e. The molecule has 0 amide bonds. The highest BCUT2D eigenvalue weighted by Gasteiger charge is 2.28. The number of hydrogen-bond donors (Lipinski definition) is 1. The van der Waals surface area contributed by atoms with Crippen LogP contribution >= 0.6 is 0 Å². The van der Waals surface area contributed by atoms with Crippen molar-refractivity contribution >= 4 is 49.8 Å². The number of nitrogens with one attached hydrogen (secondary N) is 1. The van der Waals surface area contributed by atoms with E-state index < -0.39 is 0 Å². The highest BCUT2D eigenvalue weighted by Crippen LogP contribution is 2.45. The maximum atomic E-state index is 5.44. The van der Waals surface area contributed by atoms with Gasteiger partial charge < -0.3 is 5.32 Å². The Labute approximate surface area is 316 Å². The largest absolute Gasteiger partial charge is 0.361 e. The molecule has 3 heteroatoms. The molecule has 3 unspecified atom stereocenters. The lowest BCUT2D eigenvalue weighted by Gasteiger charge is -2.27. The molecule has 1 N–H and O–H groups in total. The highest BCUT2D eigenvalue weighted by molar-refractivity contribution is 6.21. The number of rotatable bonds is 6. The summed E-state index contributed by atoms with van der Waals surface area (Å²) in [4.78, 5) is 5.44. The number of aliphatic imine (C=N–C) groups is 1. The number of allylic oxidation sites excluding steroid dienone is 7. The van der Waals surface area contributed by atoms with Crippen molar-refractivity contribution in [3.05, 3.63) is 193 Å². The second kappa shape index (κ2) is 13.2. The van der Waals surface area contributed by atoms with E-state index in [0.717, 1.165) is 35.8 Å². The van der Waals surface area contributed by atoms with Crippen LogP contribution in [-0.2, 0) is 6.42 Å². The Hall–Kier alpha value is -6.45. The van der Waals surface area contributed by atoms with Crippen LogP contribution in [0.5, 0.6) is 0 Å². The molecule has 54 heavy (non-hydrogen) atoms. The molecule has 0 saturated heterocycles. The average molecular weight is 696 g/mol. The van der Waals surface area contributed by atoms with E-state index in [9.17, 15) is 0 Å². The Kier molecular flexibility index (Phi) is 7.87. The molecule has 3 aliphatic rings. The van der Waals surface area contributed by atoms with Crippen LogP contribution in [0.15, 0.2) is 187 Å². The van der Waals surface area contributed by atoms with Crippen LogP contribution in [0.4, 0.5) is 5.82 Å². The van der Waals surface area contributed by atoms with E-state index >= 15 is 0 Å². The SMILES string of the molecule is C=C(C1=Nc2c(c3ccccc3n2C2=CC=CC(c3ccc4c(-c5ccccc5)c5ccccc5c(-c5ccccc5)c4c3)N2)CC1)C1C=CC=CC1C. The molecule has 10 rings (SSSR count). The van der Waals surface area contributed by atoms with E-state index in [-0.39, 0.29) is 12.0 Å². The Balaban J connectivity index is 1.10. The predicted molar refractivity (Wildman–Crippen MR) is 229 cm³/mol. The Morgan fingerprint density at radius 2 is 1.28 bits per heavy atom. The number of fused-ring (bicyclic) bond motifs is 5. The number of dihydropyridines is 1. The third-order valence-electron chi connectivity index (χ3n) is 11.6. The quantitative estimate of drug-likeness (QED) is 0.172. The fourth-order valence-electron chi connectivity index (χ4n) is 8.97. The van der Waals surface area contributed by atoms with Crippen LogP contribution in [0.1, 0.15) is 30.5 Å². The van der Waals surface area contributed by atoms with E-state index in [4.69, 9.17) is 4.99 Å². The van der Waals surface area contributed by atoms with Gasteiger partial charge in [0, 0.05) is 22.6 Å². The number of benzene rings is 6.